The molecule has 0 aliphatic rings. The molecule has 0 bridgehead atoms. The topological polar surface area (TPSA) is 188 Å². The molecule has 0 heterocycles. The van der Waals surface area contributed by atoms with Gasteiger partial charge in [0.2, 0.25) is 19.2 Å². The van der Waals surface area contributed by atoms with E-state index in [0.29, 0.717) is 35.3 Å². The first-order valence-corrected chi connectivity index (χ1v) is 19.8. The summed E-state index contributed by atoms with van der Waals surface area (Å²) >= 11 is 0. The summed E-state index contributed by atoms with van der Waals surface area (Å²) in [7, 11) is -6.38. The first kappa shape index (κ1) is 42.5. The van der Waals surface area contributed by atoms with Crippen molar-refractivity contribution in [3.05, 3.63) is 59.7 Å². The number of anilines is 2. The summed E-state index contributed by atoms with van der Waals surface area (Å²) in [4.78, 5) is 57.1. The van der Waals surface area contributed by atoms with Crippen LogP contribution in [0.2, 0.25) is 0 Å². The second-order valence-electron chi connectivity index (χ2n) is 12.9. The molecule has 48 heavy (non-hydrogen) atoms. The molecule has 14 heteroatoms. The van der Waals surface area contributed by atoms with E-state index in [1.54, 1.807) is 76.2 Å². The van der Waals surface area contributed by atoms with Crippen LogP contribution >= 0.6 is 7.37 Å². The van der Waals surface area contributed by atoms with Gasteiger partial charge in [0.05, 0.1) is 11.0 Å². The highest BCUT2D eigenvalue weighted by Gasteiger charge is 2.22. The first-order valence-electron chi connectivity index (χ1n) is 16.1. The third-order valence-corrected chi connectivity index (χ3v) is 11.7. The summed E-state index contributed by atoms with van der Waals surface area (Å²) in [6.45, 7) is 14.7. The highest BCUT2D eigenvalue weighted by atomic mass is 32.2. The van der Waals surface area contributed by atoms with Crippen molar-refractivity contribution >= 4 is 52.2 Å². The van der Waals surface area contributed by atoms with Gasteiger partial charge in [-0.05, 0) is 74.2 Å². The van der Waals surface area contributed by atoms with E-state index in [0.717, 1.165) is 0 Å². The van der Waals surface area contributed by atoms with Gasteiger partial charge in [0, 0.05) is 60.3 Å². The third-order valence-electron chi connectivity index (χ3n) is 6.96. The van der Waals surface area contributed by atoms with Gasteiger partial charge in [-0.3, -0.25) is 23.7 Å². The number of amides is 4. The highest BCUT2D eigenvalue weighted by Crippen LogP contribution is 2.44. The zero-order chi connectivity index (χ0) is 36.7. The van der Waals surface area contributed by atoms with Gasteiger partial charge in [-0.25, -0.2) is 8.42 Å². The van der Waals surface area contributed by atoms with Crippen LogP contribution < -0.4 is 21.3 Å². The largest absolute Gasteiger partial charge is 0.351 e. The van der Waals surface area contributed by atoms with E-state index < -0.39 is 22.5 Å². The van der Waals surface area contributed by atoms with Crippen molar-refractivity contribution in [2.45, 2.75) is 79.1 Å². The van der Waals surface area contributed by atoms with Gasteiger partial charge in [0.15, 0.2) is 9.84 Å². The second kappa shape index (κ2) is 20.1. The lowest BCUT2D eigenvalue weighted by Gasteiger charge is -2.15. The molecule has 0 aliphatic carbocycles. The molecule has 0 aromatic heterocycles. The Labute approximate surface area is 285 Å². The SMILES string of the molecule is CC(C)CC(=O)Nc1ccc(C(=O)NCCP(=O)(O)C(C)C)cc1.CC(C)CC(=O)Nc1ccc(C(=O)NCCS(=O)(=O)C(C)C)cc1. The average molecular weight is 709 g/mol. The fraction of sp³-hybridized carbons (Fsp3) is 0.529. The van der Waals surface area contributed by atoms with Crippen LogP contribution in [0.15, 0.2) is 48.5 Å². The monoisotopic (exact) mass is 708 g/mol. The minimum Gasteiger partial charge on any atom is -0.351 e. The molecule has 5 N–H and O–H groups in total. The van der Waals surface area contributed by atoms with E-state index in [1.165, 1.54) is 0 Å². The van der Waals surface area contributed by atoms with Gasteiger partial charge in [-0.15, -0.1) is 0 Å². The van der Waals surface area contributed by atoms with Crippen molar-refractivity contribution in [1.82, 2.24) is 10.6 Å². The van der Waals surface area contributed by atoms with Crippen LogP contribution in [0, 0.1) is 11.8 Å². The Morgan fingerprint density at radius 2 is 1.04 bits per heavy atom. The van der Waals surface area contributed by atoms with Crippen LogP contribution in [0.4, 0.5) is 11.4 Å². The van der Waals surface area contributed by atoms with Gasteiger partial charge in [-0.2, -0.15) is 0 Å². The summed E-state index contributed by atoms with van der Waals surface area (Å²) in [5, 5.41) is 10.3. The van der Waals surface area contributed by atoms with Crippen LogP contribution in [-0.4, -0.2) is 72.9 Å². The lowest BCUT2D eigenvalue weighted by molar-refractivity contribution is -0.117. The van der Waals surface area contributed by atoms with Gasteiger partial charge < -0.3 is 26.2 Å². The van der Waals surface area contributed by atoms with E-state index in [-0.39, 0.29) is 66.1 Å². The van der Waals surface area contributed by atoms with Gasteiger partial charge in [0.1, 0.15) is 0 Å². The van der Waals surface area contributed by atoms with Crippen LogP contribution in [0.3, 0.4) is 0 Å². The van der Waals surface area contributed by atoms with Crippen LogP contribution in [0.5, 0.6) is 0 Å². The Hall–Kier alpha value is -3.54. The van der Waals surface area contributed by atoms with E-state index in [9.17, 15) is 37.1 Å². The summed E-state index contributed by atoms with van der Waals surface area (Å²) < 4.78 is 35.2. The van der Waals surface area contributed by atoms with Crippen molar-refractivity contribution in [3.8, 4) is 0 Å². The number of hydrogen-bond acceptors (Lipinski definition) is 7. The van der Waals surface area contributed by atoms with Crippen molar-refractivity contribution in [2.75, 3.05) is 35.6 Å². The predicted molar refractivity (Wildman–Crippen MR) is 192 cm³/mol. The zero-order valence-corrected chi connectivity index (χ0v) is 31.0. The second-order valence-corrected chi connectivity index (χ2v) is 18.6. The van der Waals surface area contributed by atoms with Gasteiger partial charge >= 0.3 is 0 Å². The molecule has 2 aromatic carbocycles. The van der Waals surface area contributed by atoms with Crippen molar-refractivity contribution in [3.63, 3.8) is 0 Å². The third kappa shape index (κ3) is 16.5. The number of sulfone groups is 1. The molecule has 0 spiro atoms. The van der Waals surface area contributed by atoms with Crippen LogP contribution in [-0.2, 0) is 24.0 Å². The molecule has 0 radical (unpaired) electrons. The molecule has 0 saturated carbocycles. The maximum Gasteiger partial charge on any atom is 0.251 e. The summed E-state index contributed by atoms with van der Waals surface area (Å²) in [5.41, 5.74) is 1.80. The summed E-state index contributed by atoms with van der Waals surface area (Å²) in [6.07, 6.45) is 0.936. The van der Waals surface area contributed by atoms with Crippen LogP contribution in [0.1, 0.15) is 88.9 Å². The molecule has 1 atom stereocenters. The number of benzene rings is 2. The molecule has 0 aliphatic heterocycles. The van der Waals surface area contributed by atoms with Crippen molar-refractivity contribution in [1.29, 1.82) is 0 Å². The minimum atomic E-state index is -3.21. The summed E-state index contributed by atoms with van der Waals surface area (Å²) in [5.74, 6) is -0.302. The number of hydrogen-bond donors (Lipinski definition) is 5. The molecule has 268 valence electrons. The predicted octanol–water partition coefficient (Wildman–Crippen LogP) is 5.30. The Kier molecular flexibility index (Phi) is 17.8. The molecule has 1 unspecified atom stereocenters. The standard InChI is InChI=1S/C17H27N2O4P.C17H26N2O4S/c2*1-12(2)11-16(20)19-15-7-5-14(6-8-15)17(21)18-9-10-24(22,23)13(3)4/h5-8,12-13H,9-11H2,1-4H3,(H,18,21)(H,19,20)(H,22,23);5-8,12-13H,9-11H2,1-4H3,(H,18,21)(H,19,20). The van der Waals surface area contributed by atoms with Crippen LogP contribution in [0.25, 0.3) is 0 Å². The molecular weight excluding hydrogens is 655 g/mol. The Morgan fingerprint density at radius 1 is 0.667 bits per heavy atom. The normalized spacial score (nSPS) is 12.6. The molecule has 0 fully saturated rings. The van der Waals surface area contributed by atoms with E-state index in [1.807, 2.05) is 27.7 Å². The van der Waals surface area contributed by atoms with E-state index in [4.69, 9.17) is 0 Å². The molecule has 4 amide bonds. The zero-order valence-electron chi connectivity index (χ0n) is 29.3. The van der Waals surface area contributed by atoms with Gasteiger partial charge in [-0.1, -0.05) is 41.5 Å². The smallest absolute Gasteiger partial charge is 0.251 e. The average Bonchev–Trinajstić information content (AvgIpc) is 2.97. The number of carbonyl (C=O) groups excluding carboxylic acids is 4. The summed E-state index contributed by atoms with van der Waals surface area (Å²) in [6, 6.07) is 13.0. The maximum absolute atomic E-state index is 12.0. The van der Waals surface area contributed by atoms with Crippen molar-refractivity contribution < 1.29 is 37.1 Å². The molecule has 12 nitrogen and oxygen atoms in total. The fourth-order valence-electron chi connectivity index (χ4n) is 3.91. The molecular formula is C34H53N4O8PS. The minimum absolute atomic E-state index is 0.0553. The van der Waals surface area contributed by atoms with Crippen molar-refractivity contribution in [2.24, 2.45) is 11.8 Å². The molecule has 0 saturated heterocycles. The number of nitrogens with one attached hydrogen (secondary N) is 4. The fourth-order valence-corrected chi connectivity index (χ4v) is 5.72. The van der Waals surface area contributed by atoms with E-state index >= 15 is 0 Å². The Bertz CT molecular complexity index is 1510. The Morgan fingerprint density at radius 3 is 1.38 bits per heavy atom. The molecule has 2 rings (SSSR count). The Balaban J connectivity index is 0.000000480. The van der Waals surface area contributed by atoms with E-state index in [2.05, 4.69) is 21.3 Å². The highest BCUT2D eigenvalue weighted by molar-refractivity contribution is 7.92. The number of rotatable bonds is 16. The lowest BCUT2D eigenvalue weighted by atomic mass is 10.1. The quantitative estimate of drug-likeness (QED) is 0.145. The maximum atomic E-state index is 12.0. The first-order chi connectivity index (χ1) is 22.2. The number of carbonyl (C=O) groups is 4. The molecule has 2 aromatic rings. The van der Waals surface area contributed by atoms with Gasteiger partial charge in [0.25, 0.3) is 11.8 Å². The lowest BCUT2D eigenvalue weighted by Crippen LogP contribution is -2.31.